The number of hydrogen-bond acceptors (Lipinski definition) is 6. The molecule has 0 unspecified atom stereocenters. The van der Waals surface area contributed by atoms with Crippen molar-refractivity contribution in [1.29, 1.82) is 0 Å². The minimum Gasteiger partial charge on any atom is -0.760 e. The number of anilines is 1. The van der Waals surface area contributed by atoms with Gasteiger partial charge in [-0.05, 0) is 18.2 Å². The van der Waals surface area contributed by atoms with Crippen LogP contribution in [0.1, 0.15) is 5.56 Å². The van der Waals surface area contributed by atoms with E-state index in [1.165, 1.54) is 0 Å². The SMILES string of the molecule is COc1ccc(CNc2nccc([S-])n2)c(OC)c1.[K+]. The van der Waals surface area contributed by atoms with Crippen molar-refractivity contribution < 1.29 is 60.9 Å². The number of nitrogens with one attached hydrogen (secondary N) is 1. The second-order valence-electron chi connectivity index (χ2n) is 3.75. The number of rotatable bonds is 5. The first-order valence-electron chi connectivity index (χ1n) is 5.68. The summed E-state index contributed by atoms with van der Waals surface area (Å²) in [5.41, 5.74) is 0.988. The quantitative estimate of drug-likeness (QED) is 0.435. The summed E-state index contributed by atoms with van der Waals surface area (Å²) in [5, 5.41) is 3.62. The summed E-state index contributed by atoms with van der Waals surface area (Å²) in [6, 6.07) is 7.32. The van der Waals surface area contributed by atoms with Crippen LogP contribution < -0.4 is 66.2 Å². The van der Waals surface area contributed by atoms with Crippen LogP contribution in [-0.4, -0.2) is 24.2 Å². The number of aromatic nitrogens is 2. The average Bonchev–Trinajstić information content (AvgIpc) is 2.45. The summed E-state index contributed by atoms with van der Waals surface area (Å²) in [4.78, 5) is 8.19. The van der Waals surface area contributed by atoms with Gasteiger partial charge in [-0.15, -0.1) is 0 Å². The van der Waals surface area contributed by atoms with Gasteiger partial charge in [0.05, 0.1) is 14.2 Å². The molecule has 5 nitrogen and oxygen atoms in total. The molecule has 0 aliphatic rings. The van der Waals surface area contributed by atoms with Crippen LogP contribution in [0.4, 0.5) is 5.95 Å². The van der Waals surface area contributed by atoms with Crippen molar-refractivity contribution in [1.82, 2.24) is 9.97 Å². The first-order valence-corrected chi connectivity index (χ1v) is 6.08. The Morgan fingerprint density at radius 3 is 2.65 bits per heavy atom. The Labute approximate surface area is 166 Å². The standard InChI is InChI=1S/C13H15N3O2S.K/c1-17-10-4-3-9(11(7-10)18-2)8-15-13-14-6-5-12(19)16-13;/h3-7H,8H2,1-2H3,(H2,14,15,16,19);/q;+1/p-1. The molecule has 0 saturated carbocycles. The van der Waals surface area contributed by atoms with E-state index in [9.17, 15) is 0 Å². The Balaban J connectivity index is 0.00000200. The minimum atomic E-state index is 0. The molecule has 0 radical (unpaired) electrons. The molecule has 1 aromatic carbocycles. The molecule has 7 heteroatoms. The average molecular weight is 315 g/mol. The molecule has 0 amide bonds. The first-order chi connectivity index (χ1) is 9.22. The van der Waals surface area contributed by atoms with E-state index in [0.717, 1.165) is 17.1 Å². The number of hydrogen-bond donors (Lipinski definition) is 1. The maximum Gasteiger partial charge on any atom is 1.00 e. The fourth-order valence-electron chi connectivity index (χ4n) is 1.60. The molecule has 100 valence electrons. The van der Waals surface area contributed by atoms with Crippen molar-refractivity contribution in [2.24, 2.45) is 0 Å². The van der Waals surface area contributed by atoms with Gasteiger partial charge in [-0.25, -0.2) is 9.97 Å². The van der Waals surface area contributed by atoms with E-state index >= 15 is 0 Å². The number of benzene rings is 1. The summed E-state index contributed by atoms with van der Waals surface area (Å²) in [6.45, 7) is 0.548. The van der Waals surface area contributed by atoms with Crippen molar-refractivity contribution in [2.45, 2.75) is 11.6 Å². The molecule has 20 heavy (non-hydrogen) atoms. The first kappa shape index (κ1) is 17.6. The van der Waals surface area contributed by atoms with Crippen LogP contribution in [0.15, 0.2) is 35.5 Å². The fraction of sp³-hybridized carbons (Fsp3) is 0.231. The molecule has 0 aliphatic carbocycles. The topological polar surface area (TPSA) is 56.3 Å². The third-order valence-electron chi connectivity index (χ3n) is 2.56. The zero-order valence-electron chi connectivity index (χ0n) is 11.7. The normalized spacial score (nSPS) is 9.50. The molecule has 0 spiro atoms. The van der Waals surface area contributed by atoms with E-state index in [2.05, 4.69) is 15.3 Å². The summed E-state index contributed by atoms with van der Waals surface area (Å²) >= 11 is 4.98. The van der Waals surface area contributed by atoms with Crippen molar-refractivity contribution in [3.05, 3.63) is 36.0 Å². The molecular weight excluding hydrogens is 301 g/mol. The Bertz CT molecular complexity index is 569. The molecule has 2 aromatic rings. The molecule has 0 atom stereocenters. The smallest absolute Gasteiger partial charge is 0.760 e. The van der Waals surface area contributed by atoms with E-state index < -0.39 is 0 Å². The molecular formula is C13H14KN3O2S. The fourth-order valence-corrected chi connectivity index (χ4v) is 1.75. The van der Waals surface area contributed by atoms with Crippen molar-refractivity contribution in [3.63, 3.8) is 0 Å². The molecule has 0 saturated heterocycles. The van der Waals surface area contributed by atoms with Crippen LogP contribution in [0, 0.1) is 0 Å². The maximum absolute atomic E-state index is 5.32. The van der Waals surface area contributed by atoms with E-state index in [0.29, 0.717) is 17.5 Å². The monoisotopic (exact) mass is 315 g/mol. The molecule has 0 aliphatic heterocycles. The number of ether oxygens (including phenoxy) is 2. The molecule has 1 heterocycles. The van der Waals surface area contributed by atoms with Gasteiger partial charge in [0, 0.05) is 24.4 Å². The maximum atomic E-state index is 5.32. The minimum absolute atomic E-state index is 0. The number of nitrogens with zero attached hydrogens (tertiary/aromatic N) is 2. The summed E-state index contributed by atoms with van der Waals surface area (Å²) < 4.78 is 10.5. The summed E-state index contributed by atoms with van der Waals surface area (Å²) in [6.07, 6.45) is 1.63. The third-order valence-corrected chi connectivity index (χ3v) is 2.79. The van der Waals surface area contributed by atoms with Crippen molar-refractivity contribution >= 4 is 18.6 Å². The molecule has 2 rings (SSSR count). The van der Waals surface area contributed by atoms with Crippen LogP contribution in [0.3, 0.4) is 0 Å². The van der Waals surface area contributed by atoms with Gasteiger partial charge < -0.3 is 27.4 Å². The summed E-state index contributed by atoms with van der Waals surface area (Å²) in [5.74, 6) is 2.01. The Morgan fingerprint density at radius 2 is 2.00 bits per heavy atom. The van der Waals surface area contributed by atoms with Crippen LogP contribution in [0.25, 0.3) is 0 Å². The Hall–Kier alpha value is -0.444. The number of methoxy groups -OCH3 is 2. The van der Waals surface area contributed by atoms with Crippen molar-refractivity contribution in [3.8, 4) is 11.5 Å². The second kappa shape index (κ2) is 8.76. The zero-order chi connectivity index (χ0) is 13.7. The Kier molecular flexibility index (Phi) is 7.71. The predicted molar refractivity (Wildman–Crippen MR) is 74.5 cm³/mol. The summed E-state index contributed by atoms with van der Waals surface area (Å²) in [7, 11) is 3.24. The van der Waals surface area contributed by atoms with Crippen LogP contribution >= 0.6 is 0 Å². The van der Waals surface area contributed by atoms with E-state index in [-0.39, 0.29) is 51.4 Å². The van der Waals surface area contributed by atoms with Gasteiger partial charge in [-0.2, -0.15) is 0 Å². The van der Waals surface area contributed by atoms with Gasteiger partial charge in [0.1, 0.15) is 11.5 Å². The molecule has 1 aromatic heterocycles. The third kappa shape index (κ3) is 4.83. The van der Waals surface area contributed by atoms with Crippen LogP contribution in [0.2, 0.25) is 0 Å². The van der Waals surface area contributed by atoms with Gasteiger partial charge in [0.15, 0.2) is 0 Å². The predicted octanol–water partition coefficient (Wildman–Crippen LogP) is -0.984. The van der Waals surface area contributed by atoms with Crippen LogP contribution in [0.5, 0.6) is 11.5 Å². The molecule has 0 bridgehead atoms. The zero-order valence-corrected chi connectivity index (χ0v) is 15.7. The van der Waals surface area contributed by atoms with Crippen molar-refractivity contribution in [2.75, 3.05) is 19.5 Å². The van der Waals surface area contributed by atoms with Gasteiger partial charge >= 0.3 is 51.4 Å². The molecule has 1 N–H and O–H groups in total. The largest absolute Gasteiger partial charge is 1.00 e. The van der Waals surface area contributed by atoms with Crippen LogP contribution in [-0.2, 0) is 19.2 Å². The van der Waals surface area contributed by atoms with E-state index in [1.807, 2.05) is 18.2 Å². The molecule has 0 fully saturated rings. The second-order valence-corrected chi connectivity index (χ2v) is 4.17. The van der Waals surface area contributed by atoms with E-state index in [1.54, 1.807) is 26.5 Å². The van der Waals surface area contributed by atoms with Gasteiger partial charge in [0.2, 0.25) is 5.95 Å². The Morgan fingerprint density at radius 1 is 1.20 bits per heavy atom. The van der Waals surface area contributed by atoms with Gasteiger partial charge in [-0.1, -0.05) is 5.03 Å². The van der Waals surface area contributed by atoms with Gasteiger partial charge in [0.25, 0.3) is 0 Å². The van der Waals surface area contributed by atoms with Gasteiger partial charge in [-0.3, -0.25) is 0 Å². The van der Waals surface area contributed by atoms with E-state index in [4.69, 9.17) is 22.1 Å².